The number of amides is 2. The Morgan fingerprint density at radius 3 is 2.39 bits per heavy atom. The van der Waals surface area contributed by atoms with Crippen LogP contribution in [0.4, 0.5) is 0 Å². The molecule has 0 spiro atoms. The van der Waals surface area contributed by atoms with Crippen LogP contribution in [-0.4, -0.2) is 35.9 Å². The highest BCUT2D eigenvalue weighted by Gasteiger charge is 2.27. The lowest BCUT2D eigenvalue weighted by Gasteiger charge is -2.29. The molecule has 1 unspecified atom stereocenters. The first-order valence-corrected chi connectivity index (χ1v) is 11.2. The molecule has 0 aliphatic rings. The molecule has 2 aromatic rings. The predicted molar refractivity (Wildman–Crippen MR) is 125 cm³/mol. The second-order valence-corrected chi connectivity index (χ2v) is 8.25. The van der Waals surface area contributed by atoms with Crippen molar-refractivity contribution in [3.05, 3.63) is 65.2 Å². The van der Waals surface area contributed by atoms with Gasteiger partial charge in [-0.15, -0.1) is 0 Å². The lowest BCUT2D eigenvalue weighted by molar-refractivity contribution is -0.142. The molecule has 0 heterocycles. The first-order valence-electron chi connectivity index (χ1n) is 11.2. The van der Waals surface area contributed by atoms with Crippen molar-refractivity contribution in [3.63, 3.8) is 0 Å². The highest BCUT2D eigenvalue weighted by molar-refractivity contribution is 5.88. The summed E-state index contributed by atoms with van der Waals surface area (Å²) in [5.41, 5.74) is 3.17. The van der Waals surface area contributed by atoms with Crippen LogP contribution in [0.1, 0.15) is 63.1 Å². The van der Waals surface area contributed by atoms with E-state index in [1.807, 2.05) is 55.5 Å². The van der Waals surface area contributed by atoms with E-state index < -0.39 is 6.04 Å². The molecule has 2 aromatic carbocycles. The minimum Gasteiger partial charge on any atom is -0.483 e. The van der Waals surface area contributed by atoms with Gasteiger partial charge in [0, 0.05) is 13.1 Å². The molecule has 0 bridgehead atoms. The van der Waals surface area contributed by atoms with Crippen LogP contribution in [0.15, 0.2) is 48.5 Å². The van der Waals surface area contributed by atoms with Crippen LogP contribution in [-0.2, 0) is 16.1 Å². The van der Waals surface area contributed by atoms with Crippen LogP contribution in [0, 0.1) is 6.92 Å². The maximum absolute atomic E-state index is 13.2. The van der Waals surface area contributed by atoms with Crippen molar-refractivity contribution in [2.45, 2.75) is 66.0 Å². The molecule has 2 rings (SSSR count). The van der Waals surface area contributed by atoms with Crippen molar-refractivity contribution in [3.8, 4) is 5.75 Å². The topological polar surface area (TPSA) is 58.6 Å². The summed E-state index contributed by atoms with van der Waals surface area (Å²) < 4.78 is 5.91. The molecule has 2 amide bonds. The van der Waals surface area contributed by atoms with Crippen LogP contribution in [0.5, 0.6) is 5.75 Å². The number of para-hydroxylation sites is 1. The van der Waals surface area contributed by atoms with Gasteiger partial charge in [-0.1, -0.05) is 69.7 Å². The van der Waals surface area contributed by atoms with Crippen molar-refractivity contribution < 1.29 is 14.3 Å². The largest absolute Gasteiger partial charge is 0.483 e. The molecule has 5 heteroatoms. The number of unbranched alkanes of at least 4 members (excludes halogenated alkanes) is 1. The molecular formula is C26H36N2O3. The zero-order valence-electron chi connectivity index (χ0n) is 19.5. The van der Waals surface area contributed by atoms with Gasteiger partial charge in [0.25, 0.3) is 5.91 Å². The summed E-state index contributed by atoms with van der Waals surface area (Å²) in [6.45, 7) is 10.9. The third-order valence-electron chi connectivity index (χ3n) is 5.49. The summed E-state index contributed by atoms with van der Waals surface area (Å²) in [4.78, 5) is 27.5. The van der Waals surface area contributed by atoms with Gasteiger partial charge in [0.05, 0.1) is 0 Å². The fourth-order valence-corrected chi connectivity index (χ4v) is 3.40. The molecule has 0 aliphatic carbocycles. The normalized spacial score (nSPS) is 11.8. The Morgan fingerprint density at radius 1 is 1.03 bits per heavy atom. The number of benzene rings is 2. The molecule has 0 aromatic heterocycles. The van der Waals surface area contributed by atoms with Crippen molar-refractivity contribution in [1.82, 2.24) is 10.2 Å². The molecule has 0 aliphatic heterocycles. The monoisotopic (exact) mass is 424 g/mol. The summed E-state index contributed by atoms with van der Waals surface area (Å²) in [5.74, 6) is 0.650. The summed E-state index contributed by atoms with van der Waals surface area (Å²) >= 11 is 0. The number of aryl methyl sites for hydroxylation is 1. The number of carbonyl (C=O) groups is 2. The van der Waals surface area contributed by atoms with Crippen LogP contribution < -0.4 is 10.1 Å². The highest BCUT2D eigenvalue weighted by Crippen LogP contribution is 2.26. The number of carbonyl (C=O) groups excluding carboxylic acids is 2. The zero-order chi connectivity index (χ0) is 22.8. The van der Waals surface area contributed by atoms with Crippen LogP contribution in [0.25, 0.3) is 0 Å². The van der Waals surface area contributed by atoms with Gasteiger partial charge in [-0.3, -0.25) is 9.59 Å². The number of ether oxygens (including phenoxy) is 1. The Morgan fingerprint density at radius 2 is 1.71 bits per heavy atom. The maximum atomic E-state index is 13.2. The molecule has 168 valence electrons. The van der Waals surface area contributed by atoms with Gasteiger partial charge in [0.1, 0.15) is 11.8 Å². The van der Waals surface area contributed by atoms with E-state index in [9.17, 15) is 9.59 Å². The lowest BCUT2D eigenvalue weighted by atomic mass is 10.0. The van der Waals surface area contributed by atoms with E-state index in [2.05, 4.69) is 26.1 Å². The third kappa shape index (κ3) is 7.12. The number of hydrogen-bond donors (Lipinski definition) is 1. The quantitative estimate of drug-likeness (QED) is 0.526. The van der Waals surface area contributed by atoms with Crippen molar-refractivity contribution >= 4 is 11.8 Å². The van der Waals surface area contributed by atoms with E-state index in [1.165, 1.54) is 0 Å². The van der Waals surface area contributed by atoms with Crippen LogP contribution in [0.2, 0.25) is 0 Å². The van der Waals surface area contributed by atoms with Gasteiger partial charge in [-0.2, -0.15) is 0 Å². The average Bonchev–Trinajstić information content (AvgIpc) is 2.76. The molecule has 0 fully saturated rings. The Hall–Kier alpha value is -2.82. The van der Waals surface area contributed by atoms with Gasteiger partial charge in [-0.25, -0.2) is 0 Å². The zero-order valence-corrected chi connectivity index (χ0v) is 19.5. The van der Waals surface area contributed by atoms with Gasteiger partial charge in [0.2, 0.25) is 5.91 Å². The van der Waals surface area contributed by atoms with E-state index in [0.717, 1.165) is 29.5 Å². The summed E-state index contributed by atoms with van der Waals surface area (Å²) in [6, 6.07) is 15.1. The van der Waals surface area contributed by atoms with Crippen LogP contribution in [0.3, 0.4) is 0 Å². The third-order valence-corrected chi connectivity index (χ3v) is 5.49. The van der Waals surface area contributed by atoms with E-state index in [1.54, 1.807) is 11.8 Å². The average molecular weight is 425 g/mol. The molecule has 5 nitrogen and oxygen atoms in total. The fraction of sp³-hybridized carbons (Fsp3) is 0.462. The van der Waals surface area contributed by atoms with Gasteiger partial charge >= 0.3 is 0 Å². The first-order chi connectivity index (χ1) is 14.8. The Balaban J connectivity index is 2.17. The predicted octanol–water partition coefficient (Wildman–Crippen LogP) is 4.83. The van der Waals surface area contributed by atoms with Gasteiger partial charge < -0.3 is 15.0 Å². The van der Waals surface area contributed by atoms with E-state index >= 15 is 0 Å². The molecule has 0 saturated heterocycles. The highest BCUT2D eigenvalue weighted by atomic mass is 16.5. The first kappa shape index (κ1) is 24.4. The van der Waals surface area contributed by atoms with Crippen molar-refractivity contribution in [1.29, 1.82) is 0 Å². The fourth-order valence-electron chi connectivity index (χ4n) is 3.40. The minimum absolute atomic E-state index is 0.109. The van der Waals surface area contributed by atoms with Crippen molar-refractivity contribution in [2.24, 2.45) is 0 Å². The van der Waals surface area contributed by atoms with E-state index in [0.29, 0.717) is 18.8 Å². The number of nitrogens with one attached hydrogen (secondary N) is 1. The molecule has 0 radical (unpaired) electrons. The van der Waals surface area contributed by atoms with Crippen molar-refractivity contribution in [2.75, 3.05) is 13.2 Å². The molecule has 0 saturated carbocycles. The summed E-state index contributed by atoms with van der Waals surface area (Å²) in [6.07, 6.45) is 1.92. The second kappa shape index (κ2) is 12.1. The maximum Gasteiger partial charge on any atom is 0.261 e. The SMILES string of the molecule is CCCCNC(=O)C(C)N(Cc1ccccc1C)C(=O)COc1ccccc1C(C)C. The van der Waals surface area contributed by atoms with Gasteiger partial charge in [0.15, 0.2) is 6.61 Å². The minimum atomic E-state index is -0.590. The summed E-state index contributed by atoms with van der Waals surface area (Å²) in [5, 5.41) is 2.94. The van der Waals surface area contributed by atoms with Crippen LogP contribution >= 0.6 is 0 Å². The lowest BCUT2D eigenvalue weighted by Crippen LogP contribution is -2.49. The molecule has 31 heavy (non-hydrogen) atoms. The summed E-state index contributed by atoms with van der Waals surface area (Å²) in [7, 11) is 0. The van der Waals surface area contributed by atoms with E-state index in [4.69, 9.17) is 4.74 Å². The molecule has 1 N–H and O–H groups in total. The second-order valence-electron chi connectivity index (χ2n) is 8.25. The Bertz CT molecular complexity index is 863. The van der Waals surface area contributed by atoms with Gasteiger partial charge in [-0.05, 0) is 48.9 Å². The Kier molecular flexibility index (Phi) is 9.57. The van der Waals surface area contributed by atoms with E-state index in [-0.39, 0.29) is 24.3 Å². The molecule has 1 atom stereocenters. The standard InChI is InChI=1S/C26H36N2O3/c1-6-7-16-27-26(30)21(5)28(17-22-13-9-8-12-20(22)4)25(29)18-31-24-15-11-10-14-23(24)19(2)3/h8-15,19,21H,6-7,16-18H2,1-5H3,(H,27,30). The molecular weight excluding hydrogens is 388 g/mol. The smallest absolute Gasteiger partial charge is 0.261 e. The number of nitrogens with zero attached hydrogens (tertiary/aromatic N) is 1. The number of rotatable bonds is 11. The Labute approximate surface area is 186 Å². The number of hydrogen-bond acceptors (Lipinski definition) is 3.